The smallest absolute Gasteiger partial charge is 0.236 e. The minimum Gasteiger partial charge on any atom is -0.494 e. The normalized spacial score (nSPS) is 18.6. The summed E-state index contributed by atoms with van der Waals surface area (Å²) in [7, 11) is 6.13. The molecule has 1 fully saturated rings. The summed E-state index contributed by atoms with van der Waals surface area (Å²) in [4.78, 5) is 18.8. The van der Waals surface area contributed by atoms with Gasteiger partial charge in [-0.3, -0.25) is 9.69 Å². The second-order valence-electron chi connectivity index (χ2n) is 6.83. The zero-order chi connectivity index (χ0) is 17.4. The molecule has 5 heteroatoms. The number of nitrogens with zero attached hydrogens (tertiary/aromatic N) is 3. The zero-order valence-electron chi connectivity index (χ0n) is 15.3. The molecule has 1 heterocycles. The Balaban J connectivity index is 1.64. The van der Waals surface area contributed by atoms with Gasteiger partial charge >= 0.3 is 0 Å². The third-order valence-electron chi connectivity index (χ3n) is 4.65. The number of carbonyl (C=O) groups excluding carboxylic acids is 1. The van der Waals surface area contributed by atoms with Gasteiger partial charge in [-0.15, -0.1) is 0 Å². The van der Waals surface area contributed by atoms with Crippen molar-refractivity contribution in [3.63, 3.8) is 0 Å². The van der Waals surface area contributed by atoms with Crippen molar-refractivity contribution >= 4 is 5.91 Å². The molecule has 1 saturated heterocycles. The van der Waals surface area contributed by atoms with E-state index in [2.05, 4.69) is 23.9 Å². The van der Waals surface area contributed by atoms with Crippen molar-refractivity contribution in [1.82, 2.24) is 14.7 Å². The lowest BCUT2D eigenvalue weighted by Crippen LogP contribution is -2.48. The van der Waals surface area contributed by atoms with Crippen LogP contribution in [0.2, 0.25) is 0 Å². The molecule has 0 bridgehead atoms. The molecule has 0 saturated carbocycles. The number of para-hydroxylation sites is 1. The molecule has 0 aliphatic carbocycles. The van der Waals surface area contributed by atoms with E-state index in [1.807, 2.05) is 42.3 Å². The number of hydrogen-bond acceptors (Lipinski definition) is 4. The maximum atomic E-state index is 12.4. The molecule has 1 aliphatic rings. The third-order valence-corrected chi connectivity index (χ3v) is 4.65. The Morgan fingerprint density at radius 2 is 2.00 bits per heavy atom. The minimum atomic E-state index is 0.203. The second-order valence-corrected chi connectivity index (χ2v) is 6.83. The quantitative estimate of drug-likeness (QED) is 0.681. The summed E-state index contributed by atoms with van der Waals surface area (Å²) in [5.41, 5.74) is 0. The summed E-state index contributed by atoms with van der Waals surface area (Å²) in [5, 5.41) is 0. The van der Waals surface area contributed by atoms with Gasteiger partial charge in [-0.1, -0.05) is 18.2 Å². The molecule has 0 aromatic heterocycles. The fraction of sp³-hybridized carbons (Fsp3) is 0.632. The van der Waals surface area contributed by atoms with Gasteiger partial charge in [0.15, 0.2) is 0 Å². The molecule has 2 rings (SSSR count). The van der Waals surface area contributed by atoms with Crippen LogP contribution < -0.4 is 4.74 Å². The predicted molar refractivity (Wildman–Crippen MR) is 97.3 cm³/mol. The van der Waals surface area contributed by atoms with Crippen molar-refractivity contribution in [2.45, 2.75) is 25.3 Å². The first-order chi connectivity index (χ1) is 11.6. The number of piperidine rings is 1. The minimum absolute atomic E-state index is 0.203. The van der Waals surface area contributed by atoms with Gasteiger partial charge in [0, 0.05) is 26.2 Å². The Kier molecular flexibility index (Phi) is 7.53. The fourth-order valence-corrected chi connectivity index (χ4v) is 3.04. The lowest BCUT2D eigenvalue weighted by molar-refractivity contribution is -0.131. The highest BCUT2D eigenvalue weighted by molar-refractivity contribution is 5.78. The number of benzene rings is 1. The summed E-state index contributed by atoms with van der Waals surface area (Å²) in [6.07, 6.45) is 3.24. The second kappa shape index (κ2) is 9.64. The van der Waals surface area contributed by atoms with Crippen LogP contribution in [0, 0.1) is 0 Å². The average Bonchev–Trinajstić information content (AvgIpc) is 2.59. The lowest BCUT2D eigenvalue weighted by atomic mass is 10.1. The van der Waals surface area contributed by atoms with Crippen LogP contribution in [0.4, 0.5) is 0 Å². The standard InChI is InChI=1S/C19H31N3O2/c1-20(2)17-9-7-13-22(15-17)16-19(23)21(3)12-8-14-24-18-10-5-4-6-11-18/h4-6,10-11,17H,7-9,12-16H2,1-3H3. The van der Waals surface area contributed by atoms with Gasteiger partial charge in [-0.05, 0) is 52.0 Å². The summed E-state index contributed by atoms with van der Waals surface area (Å²) >= 11 is 0. The van der Waals surface area contributed by atoms with Crippen LogP contribution in [-0.2, 0) is 4.79 Å². The van der Waals surface area contributed by atoms with E-state index in [1.165, 1.54) is 12.8 Å². The van der Waals surface area contributed by atoms with Crippen molar-refractivity contribution in [3.8, 4) is 5.75 Å². The van der Waals surface area contributed by atoms with Crippen LogP contribution in [0.5, 0.6) is 5.75 Å². The van der Waals surface area contributed by atoms with E-state index in [0.717, 1.165) is 31.8 Å². The van der Waals surface area contributed by atoms with E-state index < -0.39 is 0 Å². The maximum Gasteiger partial charge on any atom is 0.236 e. The maximum absolute atomic E-state index is 12.4. The molecule has 1 atom stereocenters. The van der Waals surface area contributed by atoms with Crippen molar-refractivity contribution in [2.75, 3.05) is 53.9 Å². The van der Waals surface area contributed by atoms with E-state index in [4.69, 9.17) is 4.74 Å². The molecule has 24 heavy (non-hydrogen) atoms. The number of hydrogen-bond donors (Lipinski definition) is 0. The highest BCUT2D eigenvalue weighted by Gasteiger charge is 2.23. The number of ether oxygens (including phenoxy) is 1. The van der Waals surface area contributed by atoms with Crippen molar-refractivity contribution in [3.05, 3.63) is 30.3 Å². The molecule has 1 unspecified atom stereocenters. The van der Waals surface area contributed by atoms with Gasteiger partial charge in [0.25, 0.3) is 0 Å². The van der Waals surface area contributed by atoms with E-state index in [9.17, 15) is 4.79 Å². The van der Waals surface area contributed by atoms with E-state index in [0.29, 0.717) is 19.2 Å². The summed E-state index contributed by atoms with van der Waals surface area (Å²) in [6, 6.07) is 10.4. The third kappa shape index (κ3) is 6.13. The highest BCUT2D eigenvalue weighted by atomic mass is 16.5. The molecule has 1 aromatic carbocycles. The molecule has 0 N–H and O–H groups in total. The molecule has 1 aromatic rings. The Hall–Kier alpha value is -1.59. The number of carbonyl (C=O) groups is 1. The predicted octanol–water partition coefficient (Wildman–Crippen LogP) is 1.94. The number of rotatable bonds is 8. The molecule has 5 nitrogen and oxygen atoms in total. The van der Waals surface area contributed by atoms with Gasteiger partial charge in [0.1, 0.15) is 5.75 Å². The number of amides is 1. The first-order valence-corrected chi connectivity index (χ1v) is 8.87. The summed E-state index contributed by atoms with van der Waals surface area (Å²) in [6.45, 7) is 3.91. The SMILES string of the molecule is CN(CCCOc1ccccc1)C(=O)CN1CCCC(N(C)C)C1. The van der Waals surface area contributed by atoms with Crippen molar-refractivity contribution in [2.24, 2.45) is 0 Å². The highest BCUT2D eigenvalue weighted by Crippen LogP contribution is 2.13. The fourth-order valence-electron chi connectivity index (χ4n) is 3.04. The Labute approximate surface area is 146 Å². The van der Waals surface area contributed by atoms with Crippen LogP contribution in [-0.4, -0.2) is 80.6 Å². The zero-order valence-corrected chi connectivity index (χ0v) is 15.3. The molecule has 134 valence electrons. The molecule has 1 aliphatic heterocycles. The van der Waals surface area contributed by atoms with Gasteiger partial charge in [0.05, 0.1) is 13.2 Å². The van der Waals surface area contributed by atoms with Crippen molar-refractivity contribution < 1.29 is 9.53 Å². The van der Waals surface area contributed by atoms with E-state index in [-0.39, 0.29) is 5.91 Å². The van der Waals surface area contributed by atoms with Crippen LogP contribution >= 0.6 is 0 Å². The van der Waals surface area contributed by atoms with E-state index >= 15 is 0 Å². The van der Waals surface area contributed by atoms with Gasteiger partial charge in [-0.25, -0.2) is 0 Å². The average molecular weight is 333 g/mol. The Morgan fingerprint density at radius 1 is 1.25 bits per heavy atom. The first kappa shape index (κ1) is 18.7. The number of likely N-dealkylation sites (tertiary alicyclic amines) is 1. The van der Waals surface area contributed by atoms with Gasteiger partial charge < -0.3 is 14.5 Å². The molecule has 1 amide bonds. The molecule has 0 radical (unpaired) electrons. The van der Waals surface area contributed by atoms with Crippen LogP contribution in [0.3, 0.4) is 0 Å². The van der Waals surface area contributed by atoms with Crippen LogP contribution in [0.1, 0.15) is 19.3 Å². The van der Waals surface area contributed by atoms with Crippen molar-refractivity contribution in [1.29, 1.82) is 0 Å². The number of likely N-dealkylation sites (N-methyl/N-ethyl adjacent to an activating group) is 2. The monoisotopic (exact) mass is 333 g/mol. The molecular formula is C19H31N3O2. The summed E-state index contributed by atoms with van der Waals surface area (Å²) < 4.78 is 5.67. The Bertz CT molecular complexity index is 493. The van der Waals surface area contributed by atoms with Crippen LogP contribution in [0.25, 0.3) is 0 Å². The van der Waals surface area contributed by atoms with Crippen LogP contribution in [0.15, 0.2) is 30.3 Å². The van der Waals surface area contributed by atoms with E-state index in [1.54, 1.807) is 0 Å². The Morgan fingerprint density at radius 3 is 2.71 bits per heavy atom. The topological polar surface area (TPSA) is 36.0 Å². The molecular weight excluding hydrogens is 302 g/mol. The van der Waals surface area contributed by atoms with Gasteiger partial charge in [0.2, 0.25) is 5.91 Å². The lowest BCUT2D eigenvalue weighted by Gasteiger charge is -2.36. The molecule has 0 spiro atoms. The largest absolute Gasteiger partial charge is 0.494 e. The van der Waals surface area contributed by atoms with Gasteiger partial charge in [-0.2, -0.15) is 0 Å². The summed E-state index contributed by atoms with van der Waals surface area (Å²) in [5.74, 6) is 1.09. The first-order valence-electron chi connectivity index (χ1n) is 8.87.